The van der Waals surface area contributed by atoms with Crippen LogP contribution in [0.1, 0.15) is 0 Å². The van der Waals surface area contributed by atoms with Crippen LogP contribution < -0.4 is 0 Å². The van der Waals surface area contributed by atoms with Gasteiger partial charge in [0.05, 0.1) is 6.20 Å². The Labute approximate surface area is 80.0 Å². The summed E-state index contributed by atoms with van der Waals surface area (Å²) in [6, 6.07) is 4.90. The van der Waals surface area contributed by atoms with Crippen molar-refractivity contribution in [1.82, 2.24) is 10.2 Å². The van der Waals surface area contributed by atoms with Crippen molar-refractivity contribution in [3.05, 3.63) is 35.6 Å². The van der Waals surface area contributed by atoms with Crippen molar-refractivity contribution in [1.29, 1.82) is 0 Å². The van der Waals surface area contributed by atoms with Crippen molar-refractivity contribution in [2.45, 2.75) is 0 Å². The summed E-state index contributed by atoms with van der Waals surface area (Å²) in [5, 5.41) is 16.6. The second-order valence-electron chi connectivity index (χ2n) is 2.65. The van der Waals surface area contributed by atoms with E-state index >= 15 is 0 Å². The molecule has 0 atom stereocenters. The molecule has 0 saturated carbocycles. The monoisotopic (exact) mass is 194 g/mol. The van der Waals surface area contributed by atoms with E-state index in [0.717, 1.165) is 5.56 Å². The van der Waals surface area contributed by atoms with Crippen molar-refractivity contribution in [3.63, 3.8) is 0 Å². The molecule has 0 saturated heterocycles. The van der Waals surface area contributed by atoms with Crippen molar-refractivity contribution in [2.75, 3.05) is 0 Å². The van der Waals surface area contributed by atoms with Gasteiger partial charge in [-0.1, -0.05) is 11.6 Å². The van der Waals surface area contributed by atoms with Gasteiger partial charge < -0.3 is 5.11 Å². The number of aromatic nitrogens is 2. The molecule has 2 aromatic rings. The molecule has 13 heavy (non-hydrogen) atoms. The van der Waals surface area contributed by atoms with Gasteiger partial charge in [0.15, 0.2) is 0 Å². The molecule has 2 rings (SSSR count). The molecule has 0 unspecified atom stereocenters. The molecule has 0 aliphatic carbocycles. The number of hydrogen-bond acceptors (Lipinski definition) is 2. The van der Waals surface area contributed by atoms with Crippen LogP contribution in [0.2, 0.25) is 5.02 Å². The molecule has 4 heteroatoms. The Morgan fingerprint density at radius 1 is 1.38 bits per heavy atom. The van der Waals surface area contributed by atoms with Crippen molar-refractivity contribution < 1.29 is 5.11 Å². The van der Waals surface area contributed by atoms with E-state index in [2.05, 4.69) is 10.2 Å². The molecule has 3 nitrogen and oxygen atoms in total. The number of halogens is 1. The van der Waals surface area contributed by atoms with E-state index < -0.39 is 0 Å². The quantitative estimate of drug-likeness (QED) is 0.733. The van der Waals surface area contributed by atoms with E-state index in [-0.39, 0.29) is 5.75 Å². The summed E-state index contributed by atoms with van der Waals surface area (Å²) >= 11 is 5.79. The first-order chi connectivity index (χ1) is 6.27. The highest BCUT2D eigenvalue weighted by Gasteiger charge is 2.05. The average Bonchev–Trinajstić information content (AvgIpc) is 2.61. The molecule has 0 aliphatic heterocycles. The summed E-state index contributed by atoms with van der Waals surface area (Å²) in [7, 11) is 0. The molecule has 0 spiro atoms. The number of aromatic amines is 1. The number of phenolic OH excluding ortho intramolecular Hbond substituents is 1. The van der Waals surface area contributed by atoms with Gasteiger partial charge in [-0.05, 0) is 18.2 Å². The Morgan fingerprint density at radius 2 is 2.23 bits per heavy atom. The lowest BCUT2D eigenvalue weighted by Crippen LogP contribution is -1.75. The highest BCUT2D eigenvalue weighted by molar-refractivity contribution is 6.30. The first-order valence-corrected chi connectivity index (χ1v) is 4.13. The Bertz CT molecular complexity index is 412. The Morgan fingerprint density at radius 3 is 2.92 bits per heavy atom. The van der Waals surface area contributed by atoms with Gasteiger partial charge in [0.25, 0.3) is 0 Å². The van der Waals surface area contributed by atoms with E-state index in [0.29, 0.717) is 10.6 Å². The maximum atomic E-state index is 9.51. The maximum absolute atomic E-state index is 9.51. The third-order valence-electron chi connectivity index (χ3n) is 1.77. The predicted octanol–water partition coefficient (Wildman–Crippen LogP) is 2.44. The first-order valence-electron chi connectivity index (χ1n) is 3.75. The molecule has 0 aliphatic rings. The SMILES string of the molecule is Oc1ccc(Cl)cc1-c1cn[nH]c1. The van der Waals surface area contributed by atoms with Gasteiger partial charge in [0, 0.05) is 22.3 Å². The second-order valence-corrected chi connectivity index (χ2v) is 3.08. The fraction of sp³-hybridized carbons (Fsp3) is 0. The normalized spacial score (nSPS) is 10.2. The summed E-state index contributed by atoms with van der Waals surface area (Å²) in [5.74, 6) is 0.200. The second kappa shape index (κ2) is 3.11. The van der Waals surface area contributed by atoms with E-state index in [1.54, 1.807) is 30.6 Å². The molecule has 1 aromatic heterocycles. The Kier molecular flexibility index (Phi) is 1.94. The van der Waals surface area contributed by atoms with Gasteiger partial charge in [0.1, 0.15) is 5.75 Å². The first kappa shape index (κ1) is 8.13. The number of hydrogen-bond donors (Lipinski definition) is 2. The Balaban J connectivity index is 2.57. The third-order valence-corrected chi connectivity index (χ3v) is 2.00. The summed E-state index contributed by atoms with van der Waals surface area (Å²) in [4.78, 5) is 0. The predicted molar refractivity (Wildman–Crippen MR) is 50.7 cm³/mol. The largest absolute Gasteiger partial charge is 0.507 e. The molecular weight excluding hydrogens is 188 g/mol. The zero-order valence-corrected chi connectivity index (χ0v) is 7.42. The van der Waals surface area contributed by atoms with Crippen LogP contribution >= 0.6 is 11.6 Å². The zero-order chi connectivity index (χ0) is 9.26. The minimum Gasteiger partial charge on any atom is -0.507 e. The van der Waals surface area contributed by atoms with Crippen LogP contribution in [0.5, 0.6) is 5.75 Å². The van der Waals surface area contributed by atoms with Gasteiger partial charge in [0.2, 0.25) is 0 Å². The van der Waals surface area contributed by atoms with Crippen LogP contribution in [0.15, 0.2) is 30.6 Å². The lowest BCUT2D eigenvalue weighted by atomic mass is 10.1. The van der Waals surface area contributed by atoms with Crippen LogP contribution in [-0.2, 0) is 0 Å². The Hall–Kier alpha value is -1.48. The molecule has 0 radical (unpaired) electrons. The standard InChI is InChI=1S/C9H7ClN2O/c10-7-1-2-9(13)8(3-7)6-4-11-12-5-6/h1-5,13H,(H,11,12). The van der Waals surface area contributed by atoms with E-state index in [9.17, 15) is 5.11 Å². The number of aromatic hydroxyl groups is 1. The molecule has 0 fully saturated rings. The van der Waals surface area contributed by atoms with Crippen LogP contribution in [0, 0.1) is 0 Å². The molecule has 2 N–H and O–H groups in total. The lowest BCUT2D eigenvalue weighted by molar-refractivity contribution is 0.477. The molecule has 1 aromatic carbocycles. The summed E-state index contributed by atoms with van der Waals surface area (Å²) in [5.41, 5.74) is 1.50. The lowest BCUT2D eigenvalue weighted by Gasteiger charge is -2.01. The van der Waals surface area contributed by atoms with Crippen molar-refractivity contribution >= 4 is 11.6 Å². The van der Waals surface area contributed by atoms with Crippen LogP contribution in [0.3, 0.4) is 0 Å². The van der Waals surface area contributed by atoms with Gasteiger partial charge in [-0.25, -0.2) is 0 Å². The fourth-order valence-electron chi connectivity index (χ4n) is 1.14. The van der Waals surface area contributed by atoms with E-state index in [1.807, 2.05) is 0 Å². The van der Waals surface area contributed by atoms with Crippen molar-refractivity contribution in [2.24, 2.45) is 0 Å². The fourth-order valence-corrected chi connectivity index (χ4v) is 1.31. The van der Waals surface area contributed by atoms with E-state index in [4.69, 9.17) is 11.6 Å². The highest BCUT2D eigenvalue weighted by Crippen LogP contribution is 2.30. The number of nitrogens with zero attached hydrogens (tertiary/aromatic N) is 1. The number of nitrogens with one attached hydrogen (secondary N) is 1. The minimum absolute atomic E-state index is 0.200. The number of phenols is 1. The maximum Gasteiger partial charge on any atom is 0.123 e. The smallest absolute Gasteiger partial charge is 0.123 e. The van der Waals surface area contributed by atoms with Gasteiger partial charge >= 0.3 is 0 Å². The molecule has 0 amide bonds. The highest BCUT2D eigenvalue weighted by atomic mass is 35.5. The minimum atomic E-state index is 0.200. The molecular formula is C9H7ClN2O. The third kappa shape index (κ3) is 1.51. The van der Waals surface area contributed by atoms with E-state index in [1.165, 1.54) is 0 Å². The van der Waals surface area contributed by atoms with Crippen molar-refractivity contribution in [3.8, 4) is 16.9 Å². The van der Waals surface area contributed by atoms with Crippen LogP contribution in [0.4, 0.5) is 0 Å². The van der Waals surface area contributed by atoms with Gasteiger partial charge in [-0.15, -0.1) is 0 Å². The molecule has 66 valence electrons. The molecule has 1 heterocycles. The summed E-state index contributed by atoms with van der Waals surface area (Å²) in [6.45, 7) is 0. The topological polar surface area (TPSA) is 48.9 Å². The number of H-pyrrole nitrogens is 1. The summed E-state index contributed by atoms with van der Waals surface area (Å²) < 4.78 is 0. The number of rotatable bonds is 1. The molecule has 0 bridgehead atoms. The number of benzene rings is 1. The van der Waals surface area contributed by atoms with Gasteiger partial charge in [-0.2, -0.15) is 5.10 Å². The summed E-state index contributed by atoms with van der Waals surface area (Å²) in [6.07, 6.45) is 3.33. The van der Waals surface area contributed by atoms with Crippen LogP contribution in [-0.4, -0.2) is 15.3 Å². The zero-order valence-electron chi connectivity index (χ0n) is 6.66. The average molecular weight is 195 g/mol. The van der Waals surface area contributed by atoms with Gasteiger partial charge in [-0.3, -0.25) is 5.10 Å². The van der Waals surface area contributed by atoms with Crippen LogP contribution in [0.25, 0.3) is 11.1 Å².